The standard InChI is InChI=1S/C16H15BrClNO/c1-3-11-4-7-13(8-5-11)19(2)16(20)14-10-12(18)6-9-15(14)17/h4-10H,3H2,1-2H3. The highest BCUT2D eigenvalue weighted by Gasteiger charge is 2.16. The molecule has 0 fully saturated rings. The molecule has 0 aliphatic rings. The van der Waals surface area contributed by atoms with Crippen molar-refractivity contribution in [3.8, 4) is 0 Å². The second kappa shape index (κ2) is 6.42. The average Bonchev–Trinajstić information content (AvgIpc) is 2.48. The van der Waals surface area contributed by atoms with Crippen molar-refractivity contribution in [3.63, 3.8) is 0 Å². The zero-order valence-electron chi connectivity index (χ0n) is 11.4. The first-order valence-electron chi connectivity index (χ1n) is 6.35. The SMILES string of the molecule is CCc1ccc(N(C)C(=O)c2cc(Cl)ccc2Br)cc1. The van der Waals surface area contributed by atoms with Gasteiger partial charge in [-0.15, -0.1) is 0 Å². The fourth-order valence-corrected chi connectivity index (χ4v) is 2.50. The number of hydrogen-bond acceptors (Lipinski definition) is 1. The van der Waals surface area contributed by atoms with Crippen molar-refractivity contribution in [1.82, 2.24) is 0 Å². The lowest BCUT2D eigenvalue weighted by Crippen LogP contribution is -2.26. The Morgan fingerprint density at radius 3 is 2.45 bits per heavy atom. The predicted molar refractivity (Wildman–Crippen MR) is 87.7 cm³/mol. The lowest BCUT2D eigenvalue weighted by Gasteiger charge is -2.18. The Balaban J connectivity index is 2.29. The van der Waals surface area contributed by atoms with E-state index < -0.39 is 0 Å². The van der Waals surface area contributed by atoms with Crippen LogP contribution in [0.4, 0.5) is 5.69 Å². The normalized spacial score (nSPS) is 10.4. The Bertz CT molecular complexity index is 625. The Morgan fingerprint density at radius 1 is 1.20 bits per heavy atom. The van der Waals surface area contributed by atoms with Gasteiger partial charge in [0.15, 0.2) is 0 Å². The molecule has 0 atom stereocenters. The van der Waals surface area contributed by atoms with Gasteiger partial charge in [0, 0.05) is 22.2 Å². The molecular weight excluding hydrogens is 338 g/mol. The summed E-state index contributed by atoms with van der Waals surface area (Å²) in [6.07, 6.45) is 0.984. The quantitative estimate of drug-likeness (QED) is 0.766. The minimum absolute atomic E-state index is 0.0939. The lowest BCUT2D eigenvalue weighted by molar-refractivity contribution is 0.0992. The van der Waals surface area contributed by atoms with Gasteiger partial charge in [0.2, 0.25) is 0 Å². The second-order valence-electron chi connectivity index (χ2n) is 4.51. The summed E-state index contributed by atoms with van der Waals surface area (Å²) in [5.41, 5.74) is 2.66. The molecule has 0 aliphatic carbocycles. The molecule has 0 radical (unpaired) electrons. The van der Waals surface area contributed by atoms with E-state index >= 15 is 0 Å². The van der Waals surface area contributed by atoms with Gasteiger partial charge >= 0.3 is 0 Å². The molecule has 2 nitrogen and oxygen atoms in total. The number of aryl methyl sites for hydroxylation is 1. The molecule has 0 unspecified atom stereocenters. The Kier molecular flexibility index (Phi) is 4.84. The van der Waals surface area contributed by atoms with Crippen molar-refractivity contribution in [3.05, 3.63) is 63.1 Å². The van der Waals surface area contributed by atoms with Crippen molar-refractivity contribution in [2.24, 2.45) is 0 Å². The number of benzene rings is 2. The van der Waals surface area contributed by atoms with Crippen molar-refractivity contribution in [2.75, 3.05) is 11.9 Å². The highest BCUT2D eigenvalue weighted by Crippen LogP contribution is 2.24. The molecular formula is C16H15BrClNO. The van der Waals surface area contributed by atoms with Crippen LogP contribution in [-0.4, -0.2) is 13.0 Å². The monoisotopic (exact) mass is 351 g/mol. The number of rotatable bonds is 3. The molecule has 0 spiro atoms. The number of carbonyl (C=O) groups is 1. The number of halogens is 2. The Labute approximate surface area is 132 Å². The molecule has 2 aromatic carbocycles. The molecule has 0 aromatic heterocycles. The summed E-state index contributed by atoms with van der Waals surface area (Å²) in [5, 5.41) is 0.547. The number of carbonyl (C=O) groups excluding carboxylic acids is 1. The molecule has 2 rings (SSSR count). The first-order chi connectivity index (χ1) is 9.52. The minimum Gasteiger partial charge on any atom is -0.311 e. The van der Waals surface area contributed by atoms with Crippen LogP contribution in [0.15, 0.2) is 46.9 Å². The van der Waals surface area contributed by atoms with Crippen LogP contribution < -0.4 is 4.90 Å². The van der Waals surface area contributed by atoms with E-state index in [0.29, 0.717) is 10.6 Å². The molecule has 0 aliphatic heterocycles. The van der Waals surface area contributed by atoms with Crippen molar-refractivity contribution in [1.29, 1.82) is 0 Å². The van der Waals surface area contributed by atoms with Gasteiger partial charge in [0.05, 0.1) is 5.56 Å². The lowest BCUT2D eigenvalue weighted by atomic mass is 10.1. The molecule has 0 saturated heterocycles. The predicted octanol–water partition coefficient (Wildman–Crippen LogP) is 4.94. The molecule has 2 aromatic rings. The van der Waals surface area contributed by atoms with Crippen LogP contribution >= 0.6 is 27.5 Å². The fraction of sp³-hybridized carbons (Fsp3) is 0.188. The molecule has 4 heteroatoms. The summed E-state index contributed by atoms with van der Waals surface area (Å²) in [7, 11) is 1.76. The van der Waals surface area contributed by atoms with Crippen LogP contribution in [0.1, 0.15) is 22.8 Å². The molecule has 1 amide bonds. The molecule has 0 saturated carbocycles. The van der Waals surface area contributed by atoms with Crippen molar-refractivity contribution < 1.29 is 4.79 Å². The summed E-state index contributed by atoms with van der Waals surface area (Å²) in [5.74, 6) is -0.0939. The van der Waals surface area contributed by atoms with Crippen LogP contribution in [0.3, 0.4) is 0 Å². The van der Waals surface area contributed by atoms with Gasteiger partial charge in [-0.05, 0) is 58.2 Å². The van der Waals surface area contributed by atoms with Crippen LogP contribution in [0, 0.1) is 0 Å². The summed E-state index contributed by atoms with van der Waals surface area (Å²) < 4.78 is 0.740. The number of nitrogens with zero attached hydrogens (tertiary/aromatic N) is 1. The zero-order chi connectivity index (χ0) is 14.7. The summed E-state index contributed by atoms with van der Waals surface area (Å²) >= 11 is 9.35. The fourth-order valence-electron chi connectivity index (χ4n) is 1.91. The van der Waals surface area contributed by atoms with E-state index in [2.05, 4.69) is 22.9 Å². The smallest absolute Gasteiger partial charge is 0.259 e. The summed E-state index contributed by atoms with van der Waals surface area (Å²) in [4.78, 5) is 14.1. The van der Waals surface area contributed by atoms with Gasteiger partial charge in [-0.3, -0.25) is 4.79 Å². The van der Waals surface area contributed by atoms with E-state index in [-0.39, 0.29) is 5.91 Å². The minimum atomic E-state index is -0.0939. The number of anilines is 1. The van der Waals surface area contributed by atoms with E-state index in [4.69, 9.17) is 11.6 Å². The largest absolute Gasteiger partial charge is 0.311 e. The molecule has 20 heavy (non-hydrogen) atoms. The average molecular weight is 353 g/mol. The van der Waals surface area contributed by atoms with Crippen molar-refractivity contribution >= 4 is 39.1 Å². The molecule has 0 N–H and O–H groups in total. The van der Waals surface area contributed by atoms with Crippen LogP contribution in [-0.2, 0) is 6.42 Å². The third kappa shape index (κ3) is 3.22. The second-order valence-corrected chi connectivity index (χ2v) is 5.80. The maximum atomic E-state index is 12.5. The first-order valence-corrected chi connectivity index (χ1v) is 7.52. The van der Waals surface area contributed by atoms with Crippen LogP contribution in [0.5, 0.6) is 0 Å². The van der Waals surface area contributed by atoms with Gasteiger partial charge in [-0.2, -0.15) is 0 Å². The van der Waals surface area contributed by atoms with E-state index in [0.717, 1.165) is 16.6 Å². The Hall–Kier alpha value is -1.32. The number of hydrogen-bond donors (Lipinski definition) is 0. The number of amides is 1. The van der Waals surface area contributed by atoms with E-state index in [9.17, 15) is 4.79 Å². The van der Waals surface area contributed by atoms with Gasteiger partial charge in [0.1, 0.15) is 0 Å². The highest BCUT2D eigenvalue weighted by molar-refractivity contribution is 9.10. The van der Waals surface area contributed by atoms with Crippen LogP contribution in [0.25, 0.3) is 0 Å². The summed E-state index contributed by atoms with van der Waals surface area (Å²) in [6.45, 7) is 2.10. The van der Waals surface area contributed by atoms with Gasteiger partial charge < -0.3 is 4.90 Å². The van der Waals surface area contributed by atoms with Gasteiger partial charge in [0.25, 0.3) is 5.91 Å². The van der Waals surface area contributed by atoms with Gasteiger partial charge in [-0.25, -0.2) is 0 Å². The van der Waals surface area contributed by atoms with E-state index in [1.807, 2.05) is 24.3 Å². The van der Waals surface area contributed by atoms with E-state index in [1.165, 1.54) is 5.56 Å². The first kappa shape index (κ1) is 15.1. The molecule has 0 bridgehead atoms. The third-order valence-corrected chi connectivity index (χ3v) is 4.12. The highest BCUT2D eigenvalue weighted by atomic mass is 79.9. The van der Waals surface area contributed by atoms with Crippen LogP contribution in [0.2, 0.25) is 5.02 Å². The van der Waals surface area contributed by atoms with Crippen molar-refractivity contribution in [2.45, 2.75) is 13.3 Å². The third-order valence-electron chi connectivity index (χ3n) is 3.20. The Morgan fingerprint density at radius 2 is 1.85 bits per heavy atom. The van der Waals surface area contributed by atoms with Gasteiger partial charge in [-0.1, -0.05) is 30.7 Å². The molecule has 0 heterocycles. The maximum absolute atomic E-state index is 12.5. The zero-order valence-corrected chi connectivity index (χ0v) is 13.7. The molecule has 104 valence electrons. The topological polar surface area (TPSA) is 20.3 Å². The van der Waals surface area contributed by atoms with E-state index in [1.54, 1.807) is 30.1 Å². The maximum Gasteiger partial charge on any atom is 0.259 e. The summed E-state index contributed by atoms with van der Waals surface area (Å²) in [6, 6.07) is 13.2.